The molecule has 5 rings (SSSR count). The number of benzene rings is 3. The van der Waals surface area contributed by atoms with E-state index in [9.17, 15) is 9.18 Å². The van der Waals surface area contributed by atoms with Crippen molar-refractivity contribution in [1.82, 2.24) is 14.7 Å². The van der Waals surface area contributed by atoms with Crippen LogP contribution in [0, 0.1) is 5.82 Å². The highest BCUT2D eigenvalue weighted by Gasteiger charge is 2.32. The van der Waals surface area contributed by atoms with Crippen LogP contribution in [0.2, 0.25) is 0 Å². The number of thiocarbonyl (C=S) groups is 1. The van der Waals surface area contributed by atoms with Crippen LogP contribution in [-0.2, 0) is 11.3 Å². The van der Waals surface area contributed by atoms with Crippen molar-refractivity contribution in [2.75, 3.05) is 14.2 Å². The van der Waals surface area contributed by atoms with Crippen LogP contribution in [0.1, 0.15) is 11.1 Å². The van der Waals surface area contributed by atoms with Gasteiger partial charge in [-0.25, -0.2) is 9.07 Å². The molecule has 1 aliphatic rings. The van der Waals surface area contributed by atoms with E-state index in [-0.39, 0.29) is 18.3 Å². The summed E-state index contributed by atoms with van der Waals surface area (Å²) in [4.78, 5) is 15.3. The van der Waals surface area contributed by atoms with E-state index in [1.165, 1.54) is 28.8 Å². The van der Waals surface area contributed by atoms with Crippen molar-refractivity contribution in [3.63, 3.8) is 0 Å². The van der Waals surface area contributed by atoms with Gasteiger partial charge in [-0.2, -0.15) is 5.10 Å². The van der Waals surface area contributed by atoms with E-state index < -0.39 is 0 Å². The van der Waals surface area contributed by atoms with E-state index in [0.29, 0.717) is 26.4 Å². The predicted octanol–water partition coefficient (Wildman–Crippen LogP) is 6.10. The largest absolute Gasteiger partial charge is 0.493 e. The van der Waals surface area contributed by atoms with E-state index in [1.54, 1.807) is 31.0 Å². The maximum absolute atomic E-state index is 13.3. The molecule has 186 valence electrons. The first-order chi connectivity index (χ1) is 18.0. The van der Waals surface area contributed by atoms with Crippen LogP contribution in [0.5, 0.6) is 11.5 Å². The molecule has 2 heterocycles. The highest BCUT2D eigenvalue weighted by Crippen LogP contribution is 2.37. The van der Waals surface area contributed by atoms with Crippen LogP contribution in [0.4, 0.5) is 4.39 Å². The summed E-state index contributed by atoms with van der Waals surface area (Å²) in [5.74, 6) is 0.653. The number of nitrogens with zero attached hydrogens (tertiary/aromatic N) is 3. The minimum absolute atomic E-state index is 0.204. The number of thioether (sulfide) groups is 1. The summed E-state index contributed by atoms with van der Waals surface area (Å²) in [6.07, 6.45) is 3.69. The van der Waals surface area contributed by atoms with Crippen molar-refractivity contribution in [1.29, 1.82) is 0 Å². The van der Waals surface area contributed by atoms with Crippen LogP contribution >= 0.6 is 24.0 Å². The van der Waals surface area contributed by atoms with Gasteiger partial charge in [-0.3, -0.25) is 9.69 Å². The van der Waals surface area contributed by atoms with Gasteiger partial charge in [0.25, 0.3) is 5.91 Å². The summed E-state index contributed by atoms with van der Waals surface area (Å²) in [7, 11) is 3.17. The Morgan fingerprint density at radius 1 is 1.00 bits per heavy atom. The van der Waals surface area contributed by atoms with Gasteiger partial charge >= 0.3 is 0 Å². The summed E-state index contributed by atoms with van der Waals surface area (Å²) >= 11 is 6.74. The molecule has 0 unspecified atom stereocenters. The third-order valence-corrected chi connectivity index (χ3v) is 7.21. The van der Waals surface area contributed by atoms with Crippen LogP contribution in [0.15, 0.2) is 83.9 Å². The standard InChI is InChI=1S/C28H22FN3O3S2/c1-34-23-13-10-19(14-24(23)35-2)26-20(17-32(30-26)22-6-4-3-5-7-22)15-25-27(33)31(28(36)37-25)16-18-8-11-21(29)12-9-18/h3-15,17H,16H2,1-2H3/b25-15-. The van der Waals surface area contributed by atoms with Crippen LogP contribution in [0.3, 0.4) is 0 Å². The quantitative estimate of drug-likeness (QED) is 0.212. The summed E-state index contributed by atoms with van der Waals surface area (Å²) in [5.41, 5.74) is 3.90. The summed E-state index contributed by atoms with van der Waals surface area (Å²) in [5, 5.41) is 4.84. The van der Waals surface area contributed by atoms with Gasteiger partial charge in [0, 0.05) is 17.3 Å². The third kappa shape index (κ3) is 5.14. The molecule has 0 spiro atoms. The summed E-state index contributed by atoms with van der Waals surface area (Å²) < 4.78 is 26.4. The van der Waals surface area contributed by atoms with Gasteiger partial charge in [0.1, 0.15) is 15.8 Å². The van der Waals surface area contributed by atoms with Crippen LogP contribution < -0.4 is 9.47 Å². The number of hydrogen-bond donors (Lipinski definition) is 0. The molecule has 1 fully saturated rings. The second-order valence-corrected chi connectivity index (χ2v) is 9.85. The monoisotopic (exact) mass is 531 g/mol. The van der Waals surface area contributed by atoms with Crippen LogP contribution in [0.25, 0.3) is 23.0 Å². The molecule has 1 amide bonds. The van der Waals surface area contributed by atoms with E-state index in [4.69, 9.17) is 26.8 Å². The molecule has 6 nitrogen and oxygen atoms in total. The molecule has 0 bridgehead atoms. The van der Waals surface area contributed by atoms with Crippen molar-refractivity contribution >= 4 is 40.3 Å². The fraction of sp³-hybridized carbons (Fsp3) is 0.107. The van der Waals surface area contributed by atoms with Crippen LogP contribution in [-0.4, -0.2) is 39.1 Å². The molecule has 1 aromatic heterocycles. The second kappa shape index (κ2) is 10.6. The molecular formula is C28H22FN3O3S2. The molecule has 4 aromatic rings. The Kier molecular flexibility index (Phi) is 7.07. The predicted molar refractivity (Wildman–Crippen MR) is 147 cm³/mol. The highest BCUT2D eigenvalue weighted by atomic mass is 32.2. The lowest BCUT2D eigenvalue weighted by Gasteiger charge is -2.14. The minimum atomic E-state index is -0.327. The molecule has 0 aliphatic carbocycles. The number of ether oxygens (including phenoxy) is 2. The summed E-state index contributed by atoms with van der Waals surface area (Å²) in [6, 6.07) is 21.3. The number of carbonyl (C=O) groups excluding carboxylic acids is 1. The smallest absolute Gasteiger partial charge is 0.266 e. The molecule has 0 radical (unpaired) electrons. The molecular weight excluding hydrogens is 509 g/mol. The zero-order chi connectivity index (χ0) is 25.9. The van der Waals surface area contributed by atoms with Gasteiger partial charge in [-0.15, -0.1) is 0 Å². The minimum Gasteiger partial charge on any atom is -0.493 e. The molecule has 1 aliphatic heterocycles. The molecule has 0 saturated carbocycles. The van der Waals surface area contributed by atoms with Crippen molar-refractivity contribution in [2.45, 2.75) is 6.54 Å². The maximum Gasteiger partial charge on any atom is 0.266 e. The van der Waals surface area contributed by atoms with E-state index >= 15 is 0 Å². The first-order valence-electron chi connectivity index (χ1n) is 11.3. The van der Waals surface area contributed by atoms with Gasteiger partial charge in [-0.1, -0.05) is 54.3 Å². The van der Waals surface area contributed by atoms with Gasteiger partial charge in [0.2, 0.25) is 0 Å². The van der Waals surface area contributed by atoms with E-state index in [0.717, 1.165) is 22.4 Å². The average Bonchev–Trinajstić information content (AvgIpc) is 3.46. The second-order valence-electron chi connectivity index (χ2n) is 8.18. The number of aromatic nitrogens is 2. The third-order valence-electron chi connectivity index (χ3n) is 5.83. The van der Waals surface area contributed by atoms with Crippen molar-refractivity contribution in [2.24, 2.45) is 0 Å². The number of halogens is 1. The summed E-state index contributed by atoms with van der Waals surface area (Å²) in [6.45, 7) is 0.272. The van der Waals surface area contributed by atoms with E-state index in [1.807, 2.05) is 60.8 Å². The number of carbonyl (C=O) groups is 1. The maximum atomic E-state index is 13.3. The lowest BCUT2D eigenvalue weighted by Crippen LogP contribution is -2.27. The Morgan fingerprint density at radius 2 is 1.73 bits per heavy atom. The number of para-hydroxylation sites is 1. The molecule has 3 aromatic carbocycles. The zero-order valence-corrected chi connectivity index (χ0v) is 21.7. The number of rotatable bonds is 7. The first-order valence-corrected chi connectivity index (χ1v) is 12.6. The normalized spacial score (nSPS) is 14.5. The highest BCUT2D eigenvalue weighted by molar-refractivity contribution is 8.26. The lowest BCUT2D eigenvalue weighted by molar-refractivity contribution is -0.122. The Morgan fingerprint density at radius 3 is 2.43 bits per heavy atom. The average molecular weight is 532 g/mol. The van der Waals surface area contributed by atoms with E-state index in [2.05, 4.69) is 0 Å². The van der Waals surface area contributed by atoms with Gasteiger partial charge in [-0.05, 0) is 54.1 Å². The zero-order valence-electron chi connectivity index (χ0n) is 20.1. The van der Waals surface area contributed by atoms with Crippen molar-refractivity contribution < 1.29 is 18.7 Å². The SMILES string of the molecule is COc1ccc(-c2nn(-c3ccccc3)cc2/C=C2\SC(=S)N(Cc3ccc(F)cc3)C2=O)cc1OC. The lowest BCUT2D eigenvalue weighted by atomic mass is 10.1. The number of methoxy groups -OCH3 is 2. The molecule has 9 heteroatoms. The fourth-order valence-electron chi connectivity index (χ4n) is 3.96. The number of hydrogen-bond acceptors (Lipinski definition) is 6. The number of amides is 1. The van der Waals surface area contributed by atoms with Crippen molar-refractivity contribution in [3.05, 3.63) is 101 Å². The Hall–Kier alpha value is -3.95. The molecule has 37 heavy (non-hydrogen) atoms. The van der Waals surface area contributed by atoms with Crippen molar-refractivity contribution in [3.8, 4) is 28.4 Å². The molecule has 1 saturated heterocycles. The van der Waals surface area contributed by atoms with Gasteiger partial charge in [0.05, 0.1) is 31.4 Å². The van der Waals surface area contributed by atoms with Gasteiger partial charge in [0.15, 0.2) is 11.5 Å². The Balaban J connectivity index is 1.54. The topological polar surface area (TPSA) is 56.6 Å². The first kappa shape index (κ1) is 24.7. The Bertz CT molecular complexity index is 1500. The van der Waals surface area contributed by atoms with Gasteiger partial charge < -0.3 is 9.47 Å². The molecule has 0 N–H and O–H groups in total. The fourth-order valence-corrected chi connectivity index (χ4v) is 5.21. The molecule has 0 atom stereocenters. The Labute approximate surface area is 223 Å².